The summed E-state index contributed by atoms with van der Waals surface area (Å²) in [5.74, 6) is 1.42. The van der Waals surface area contributed by atoms with Crippen LogP contribution in [0.1, 0.15) is 76.8 Å². The summed E-state index contributed by atoms with van der Waals surface area (Å²) >= 11 is 0. The number of aryl methyl sites for hydroxylation is 1. The Bertz CT molecular complexity index is 960. The van der Waals surface area contributed by atoms with Gasteiger partial charge in [0.1, 0.15) is 17.7 Å². The maximum atomic E-state index is 12.6. The third kappa shape index (κ3) is 3.06. The Balaban J connectivity index is 0.00000225. The largest absolute Gasteiger partial charge is 0.563 e. The van der Waals surface area contributed by atoms with Gasteiger partial charge in [-0.15, -0.1) is 0 Å². The van der Waals surface area contributed by atoms with Crippen LogP contribution in [-0.4, -0.2) is 10.6 Å². The van der Waals surface area contributed by atoms with Gasteiger partial charge in [-0.05, 0) is 63.5 Å². The van der Waals surface area contributed by atoms with Crippen LogP contribution in [0.5, 0.6) is 5.75 Å². The van der Waals surface area contributed by atoms with Crippen molar-refractivity contribution in [3.8, 4) is 5.75 Å². The van der Waals surface area contributed by atoms with Gasteiger partial charge in [0.25, 0.3) is 0 Å². The average Bonchev–Trinajstić information content (AvgIpc) is 2.60. The Morgan fingerprint density at radius 2 is 2.11 bits per heavy atom. The van der Waals surface area contributed by atoms with Gasteiger partial charge in [-0.1, -0.05) is 37.0 Å². The smallest absolute Gasteiger partial charge is 0.166 e. The van der Waals surface area contributed by atoms with Crippen molar-refractivity contribution in [3.05, 3.63) is 45.6 Å². The van der Waals surface area contributed by atoms with Crippen molar-refractivity contribution in [1.82, 2.24) is 4.98 Å². The van der Waals surface area contributed by atoms with Gasteiger partial charge in [0, 0.05) is 17.4 Å². The molecule has 0 amide bonds. The minimum absolute atomic E-state index is 0. The summed E-state index contributed by atoms with van der Waals surface area (Å²) in [6, 6.07) is 2.07. The summed E-state index contributed by atoms with van der Waals surface area (Å²) in [5, 5.41) is 0.613. The fourth-order valence-corrected chi connectivity index (χ4v) is 4.86. The number of fused-ring (bicyclic) bond motifs is 5. The second kappa shape index (κ2) is 7.14. The zero-order valence-corrected chi connectivity index (χ0v) is 19.5. The molecule has 5 heteroatoms. The first-order chi connectivity index (χ1) is 12.9. The standard InChI is InChI=1S/C23H28NO3.Es/c1-5-6-7-8-15-12-18-20(21-19(15)22(25)24-13-26-21)16-11-14(2)9-10-17(16)23(3,4)27-18;/h11-12,16-17H,5-10H2,1-4H3;/q-1;. The third-order valence-corrected chi connectivity index (χ3v) is 6.27. The molecule has 2 aliphatic rings. The van der Waals surface area contributed by atoms with Crippen LogP contribution in [-0.2, 0) is 6.42 Å². The maximum absolute atomic E-state index is 12.6. The van der Waals surface area contributed by atoms with E-state index in [1.54, 1.807) is 0 Å². The molecule has 2 atom stereocenters. The number of ether oxygens (including phenoxy) is 1. The van der Waals surface area contributed by atoms with Crippen molar-refractivity contribution in [2.75, 3.05) is 0 Å². The number of unbranched alkanes of at least 4 members (excludes halogenated alkanes) is 2. The van der Waals surface area contributed by atoms with E-state index < -0.39 is 0 Å². The first kappa shape index (κ1) is 19.7. The summed E-state index contributed by atoms with van der Waals surface area (Å²) in [7, 11) is 0. The molecule has 1 aromatic carbocycles. The van der Waals surface area contributed by atoms with Crippen LogP contribution in [0.3, 0.4) is 0 Å². The van der Waals surface area contributed by atoms with Crippen molar-refractivity contribution in [1.29, 1.82) is 0 Å². The van der Waals surface area contributed by atoms with Crippen LogP contribution in [0, 0.1) is 12.3 Å². The second-order valence-corrected chi connectivity index (χ2v) is 8.61. The van der Waals surface area contributed by atoms with E-state index in [4.69, 9.17) is 9.15 Å². The molecule has 1 aliphatic heterocycles. The fraction of sp³-hybridized carbons (Fsp3) is 0.565. The minimum atomic E-state index is -0.250. The van der Waals surface area contributed by atoms with Crippen LogP contribution in [0.15, 0.2) is 26.9 Å². The van der Waals surface area contributed by atoms with E-state index in [-0.39, 0.29) is 17.1 Å². The fourth-order valence-electron chi connectivity index (χ4n) is 4.86. The zero-order valence-electron chi connectivity index (χ0n) is 17.0. The van der Waals surface area contributed by atoms with Gasteiger partial charge in [-0.25, -0.2) is 0 Å². The molecular weight excluding hydrogens is 590 g/mol. The Hall–Kier alpha value is -3.10. The third-order valence-electron chi connectivity index (χ3n) is 6.27. The predicted octanol–water partition coefficient (Wildman–Crippen LogP) is 5.33. The van der Waals surface area contributed by atoms with Crippen molar-refractivity contribution in [2.24, 2.45) is 5.92 Å². The summed E-state index contributed by atoms with van der Waals surface area (Å²) in [4.78, 5) is 16.4. The van der Waals surface area contributed by atoms with Crippen molar-refractivity contribution >= 4 is 11.0 Å². The summed E-state index contributed by atoms with van der Waals surface area (Å²) < 4.78 is 12.2. The SMILES string of the molecule is CCCCCc1cc2c(c3o[c-]nc(=O)c13)C1C=C(C)CCC1C(C)(C)O2.[Es]. The van der Waals surface area contributed by atoms with Crippen LogP contribution in [0.4, 0.5) is 0 Å². The minimum Gasteiger partial charge on any atom is -0.563 e. The monoisotopic (exact) mass is 618 g/mol. The van der Waals surface area contributed by atoms with Gasteiger partial charge in [0.15, 0.2) is 5.56 Å². The number of rotatable bonds is 4. The normalized spacial score (nSPS) is 22.5. The molecule has 1 aromatic heterocycles. The maximum Gasteiger partial charge on any atom is 0.166 e. The first-order valence-corrected chi connectivity index (χ1v) is 10.2. The average molecular weight is 618 g/mol. The molecule has 2 heterocycles. The Labute approximate surface area is 160 Å². The number of benzene rings is 1. The number of aromatic nitrogens is 1. The van der Waals surface area contributed by atoms with E-state index in [1.165, 1.54) is 5.57 Å². The molecule has 4 nitrogen and oxygen atoms in total. The Morgan fingerprint density at radius 3 is 2.86 bits per heavy atom. The first-order valence-electron chi connectivity index (χ1n) is 10.2. The van der Waals surface area contributed by atoms with E-state index in [1.807, 2.05) is 0 Å². The molecule has 1 radical (unpaired) electrons. The van der Waals surface area contributed by atoms with Gasteiger partial charge in [0.2, 0.25) is 0 Å². The zero-order chi connectivity index (χ0) is 19.2. The van der Waals surface area contributed by atoms with Crippen molar-refractivity contribution in [3.63, 3.8) is 0 Å². The van der Waals surface area contributed by atoms with E-state index in [2.05, 4.69) is 51.2 Å². The van der Waals surface area contributed by atoms with Crippen LogP contribution >= 0.6 is 0 Å². The topological polar surface area (TPSA) is 52.3 Å². The molecule has 0 saturated carbocycles. The van der Waals surface area contributed by atoms with Gasteiger partial charge in [0.05, 0.1) is 0 Å². The van der Waals surface area contributed by atoms with E-state index in [9.17, 15) is 4.79 Å². The molecule has 2 aromatic rings. The number of allylic oxidation sites excluding steroid dienone is 2. The van der Waals surface area contributed by atoms with E-state index >= 15 is 0 Å². The van der Waals surface area contributed by atoms with Crippen molar-refractivity contribution < 1.29 is 9.15 Å². The van der Waals surface area contributed by atoms with E-state index in [0.29, 0.717) is 16.9 Å². The second-order valence-electron chi connectivity index (χ2n) is 8.61. The molecule has 4 rings (SSSR count). The van der Waals surface area contributed by atoms with Crippen LogP contribution in [0.2, 0.25) is 0 Å². The van der Waals surface area contributed by atoms with Crippen LogP contribution in [0.25, 0.3) is 11.0 Å². The summed E-state index contributed by atoms with van der Waals surface area (Å²) in [6.07, 6.45) is 11.1. The molecule has 0 bridgehead atoms. The molecule has 1 aliphatic carbocycles. The van der Waals surface area contributed by atoms with Gasteiger partial charge < -0.3 is 18.9 Å². The number of hydrogen-bond donors (Lipinski definition) is 0. The Morgan fingerprint density at radius 1 is 1.32 bits per heavy atom. The number of nitrogens with zero attached hydrogens (tertiary/aromatic N) is 1. The van der Waals surface area contributed by atoms with Crippen molar-refractivity contribution in [2.45, 2.75) is 77.7 Å². The molecule has 0 fully saturated rings. The molecule has 0 N–H and O–H groups in total. The van der Waals surface area contributed by atoms with Crippen LogP contribution < -0.4 is 10.3 Å². The van der Waals surface area contributed by atoms with Gasteiger partial charge >= 0.3 is 0 Å². The van der Waals surface area contributed by atoms with Gasteiger partial charge in [-0.2, -0.15) is 0 Å². The Kier molecular flexibility index (Phi) is 5.01. The van der Waals surface area contributed by atoms with E-state index in [0.717, 1.165) is 55.4 Å². The van der Waals surface area contributed by atoms with Gasteiger partial charge in [-0.3, -0.25) is 0 Å². The predicted molar refractivity (Wildman–Crippen MR) is 106 cm³/mol. The molecule has 2 unspecified atom stereocenters. The molecule has 0 saturated heterocycles. The molecule has 155 valence electrons. The number of hydrogen-bond acceptors (Lipinski definition) is 4. The summed E-state index contributed by atoms with van der Waals surface area (Å²) in [6.45, 7) is 8.72. The summed E-state index contributed by atoms with van der Waals surface area (Å²) in [5.41, 5.74) is 3.50. The molecule has 28 heavy (non-hydrogen) atoms. The quantitative estimate of drug-likeness (QED) is 0.264. The molecule has 0 spiro atoms. The molecular formula is C23H28EsNO3-.